The first-order valence-electron chi connectivity index (χ1n) is 12.4. The molecule has 182 valence electrons. The number of piperazine rings is 1. The van der Waals surface area contributed by atoms with Crippen molar-refractivity contribution in [2.75, 3.05) is 37.6 Å². The smallest absolute Gasteiger partial charge is 0.306 e. The molecule has 0 spiro atoms. The highest BCUT2D eigenvalue weighted by atomic mass is 16.4. The van der Waals surface area contributed by atoms with Gasteiger partial charge in [-0.25, -0.2) is 0 Å². The number of piperidine rings is 1. The number of carbonyl (C=O) groups excluding carboxylic acids is 2. The van der Waals surface area contributed by atoms with E-state index in [4.69, 9.17) is 0 Å². The summed E-state index contributed by atoms with van der Waals surface area (Å²) in [6, 6.07) is 6.33. The van der Waals surface area contributed by atoms with Gasteiger partial charge in [-0.2, -0.15) is 5.10 Å². The fourth-order valence-electron chi connectivity index (χ4n) is 5.83. The van der Waals surface area contributed by atoms with Gasteiger partial charge in [0.1, 0.15) is 0 Å². The zero-order chi connectivity index (χ0) is 23.8. The number of hydrogen-bond donors (Lipinski definition) is 2. The molecule has 1 aliphatic carbocycles. The molecule has 1 unspecified atom stereocenters. The van der Waals surface area contributed by atoms with Crippen molar-refractivity contribution in [3.8, 4) is 0 Å². The summed E-state index contributed by atoms with van der Waals surface area (Å²) in [7, 11) is 1.90. The van der Waals surface area contributed by atoms with Gasteiger partial charge in [-0.15, -0.1) is 0 Å². The number of carbonyl (C=O) groups is 3. The van der Waals surface area contributed by atoms with Gasteiger partial charge in [0.05, 0.1) is 23.0 Å². The molecule has 2 saturated heterocycles. The van der Waals surface area contributed by atoms with Crippen LogP contribution in [0.2, 0.25) is 0 Å². The summed E-state index contributed by atoms with van der Waals surface area (Å²) < 4.78 is 1.83. The highest BCUT2D eigenvalue weighted by Gasteiger charge is 2.32. The number of fused-ring (bicyclic) bond motifs is 1. The second-order valence-electron chi connectivity index (χ2n) is 10.1. The lowest BCUT2D eigenvalue weighted by atomic mass is 9.82. The van der Waals surface area contributed by atoms with Crippen LogP contribution in [0.5, 0.6) is 0 Å². The maximum Gasteiger partial charge on any atom is 0.306 e. The Morgan fingerprint density at radius 1 is 1.09 bits per heavy atom. The van der Waals surface area contributed by atoms with Crippen molar-refractivity contribution in [3.63, 3.8) is 0 Å². The lowest BCUT2D eigenvalue weighted by molar-refractivity contribution is -0.143. The number of aliphatic carboxylic acids is 1. The standard InChI is InChI=1S/C25H33N5O4/c1-28-21-14-18(6-7-19(21)23(27-28)20-8-9-22(31)26-24(20)32)30-12-10-29(11-13-30)15-16-2-4-17(5-3-16)25(33)34/h6-7,14,16-17,20H,2-5,8-13,15H2,1H3,(H,33,34)(H,26,31,32). The first-order chi connectivity index (χ1) is 16.4. The van der Waals surface area contributed by atoms with Crippen molar-refractivity contribution in [2.24, 2.45) is 18.9 Å². The summed E-state index contributed by atoms with van der Waals surface area (Å²) in [4.78, 5) is 40.0. The van der Waals surface area contributed by atoms with Crippen LogP contribution < -0.4 is 10.2 Å². The van der Waals surface area contributed by atoms with Crippen molar-refractivity contribution >= 4 is 34.4 Å². The minimum atomic E-state index is -0.637. The zero-order valence-electron chi connectivity index (χ0n) is 19.7. The van der Waals surface area contributed by atoms with E-state index in [-0.39, 0.29) is 23.7 Å². The van der Waals surface area contributed by atoms with Crippen LogP contribution >= 0.6 is 0 Å². The number of anilines is 1. The molecule has 0 radical (unpaired) electrons. The third-order valence-electron chi connectivity index (χ3n) is 7.88. The first-order valence-corrected chi connectivity index (χ1v) is 12.4. The van der Waals surface area contributed by atoms with E-state index in [1.807, 2.05) is 11.7 Å². The molecule has 2 amide bonds. The summed E-state index contributed by atoms with van der Waals surface area (Å²) in [5, 5.41) is 17.3. The van der Waals surface area contributed by atoms with Crippen LogP contribution in [-0.4, -0.2) is 70.3 Å². The molecule has 1 aromatic carbocycles. The molecule has 1 aromatic heterocycles. The van der Waals surface area contributed by atoms with Crippen LogP contribution in [0.4, 0.5) is 5.69 Å². The van der Waals surface area contributed by atoms with Crippen LogP contribution in [0.15, 0.2) is 18.2 Å². The Morgan fingerprint density at radius 3 is 2.50 bits per heavy atom. The predicted molar refractivity (Wildman–Crippen MR) is 128 cm³/mol. The van der Waals surface area contributed by atoms with Gasteiger partial charge in [-0.05, 0) is 56.2 Å². The molecule has 9 nitrogen and oxygen atoms in total. The Kier molecular flexibility index (Phi) is 6.29. The minimum Gasteiger partial charge on any atom is -0.481 e. The second kappa shape index (κ2) is 9.37. The summed E-state index contributed by atoms with van der Waals surface area (Å²) in [6.45, 7) is 4.98. The van der Waals surface area contributed by atoms with E-state index < -0.39 is 5.97 Å². The SMILES string of the molecule is Cn1nc(C2CCC(=O)NC2=O)c2ccc(N3CCN(CC4CCC(C(=O)O)CC4)CC3)cc21. The molecule has 2 aromatic rings. The average molecular weight is 468 g/mol. The number of hydrogen-bond acceptors (Lipinski definition) is 6. The number of nitrogens with one attached hydrogen (secondary N) is 1. The highest BCUT2D eigenvalue weighted by molar-refractivity contribution is 6.02. The number of rotatable bonds is 5. The summed E-state index contributed by atoms with van der Waals surface area (Å²) in [5.74, 6) is -1.03. The molecule has 34 heavy (non-hydrogen) atoms. The number of imide groups is 1. The number of benzene rings is 1. The number of nitrogens with zero attached hydrogens (tertiary/aromatic N) is 4. The van der Waals surface area contributed by atoms with Crippen molar-refractivity contribution in [1.29, 1.82) is 0 Å². The predicted octanol–water partition coefficient (Wildman–Crippen LogP) is 2.11. The molecule has 5 rings (SSSR count). The molecule has 1 saturated carbocycles. The van der Waals surface area contributed by atoms with Gasteiger partial charge in [0, 0.05) is 57.3 Å². The monoisotopic (exact) mass is 467 g/mol. The molecule has 3 aliphatic rings. The van der Waals surface area contributed by atoms with Gasteiger partial charge in [-0.3, -0.25) is 29.3 Å². The minimum absolute atomic E-state index is 0.148. The molecular weight excluding hydrogens is 434 g/mol. The maximum absolute atomic E-state index is 12.4. The van der Waals surface area contributed by atoms with Crippen LogP contribution in [-0.2, 0) is 21.4 Å². The van der Waals surface area contributed by atoms with Crippen LogP contribution in [0.1, 0.15) is 50.1 Å². The summed E-state index contributed by atoms with van der Waals surface area (Å²) in [5.41, 5.74) is 2.90. The third kappa shape index (κ3) is 4.53. The summed E-state index contributed by atoms with van der Waals surface area (Å²) in [6.07, 6.45) is 4.50. The topological polar surface area (TPSA) is 108 Å². The summed E-state index contributed by atoms with van der Waals surface area (Å²) >= 11 is 0. The molecule has 2 N–H and O–H groups in total. The van der Waals surface area contributed by atoms with E-state index in [1.54, 1.807) is 0 Å². The van der Waals surface area contributed by atoms with Crippen LogP contribution in [0.3, 0.4) is 0 Å². The van der Waals surface area contributed by atoms with Crippen molar-refractivity contribution in [1.82, 2.24) is 20.0 Å². The van der Waals surface area contributed by atoms with E-state index in [1.165, 1.54) is 0 Å². The number of carboxylic acids is 1. The molecular formula is C25H33N5O4. The fraction of sp³-hybridized carbons (Fsp3) is 0.600. The lowest BCUT2D eigenvalue weighted by Gasteiger charge is -2.38. The van der Waals surface area contributed by atoms with E-state index >= 15 is 0 Å². The quantitative estimate of drug-likeness (QED) is 0.649. The Balaban J connectivity index is 1.21. The Hall–Kier alpha value is -2.94. The average Bonchev–Trinajstić information content (AvgIpc) is 3.15. The Bertz CT molecular complexity index is 1100. The fourth-order valence-corrected chi connectivity index (χ4v) is 5.83. The van der Waals surface area contributed by atoms with Crippen LogP contribution in [0, 0.1) is 11.8 Å². The van der Waals surface area contributed by atoms with Gasteiger partial charge in [0.2, 0.25) is 11.8 Å². The van der Waals surface area contributed by atoms with Gasteiger partial charge in [0.15, 0.2) is 0 Å². The second-order valence-corrected chi connectivity index (χ2v) is 10.1. The maximum atomic E-state index is 12.4. The van der Waals surface area contributed by atoms with Crippen molar-refractivity contribution in [2.45, 2.75) is 44.4 Å². The molecule has 3 heterocycles. The van der Waals surface area contributed by atoms with Crippen LogP contribution in [0.25, 0.3) is 10.9 Å². The van der Waals surface area contributed by atoms with Gasteiger partial charge in [0.25, 0.3) is 0 Å². The number of aromatic nitrogens is 2. The zero-order valence-corrected chi connectivity index (χ0v) is 19.7. The molecule has 9 heteroatoms. The first kappa shape index (κ1) is 22.8. The Morgan fingerprint density at radius 2 is 1.82 bits per heavy atom. The molecule has 3 fully saturated rings. The van der Waals surface area contributed by atoms with E-state index in [2.05, 4.69) is 38.4 Å². The van der Waals surface area contributed by atoms with E-state index in [0.717, 1.165) is 80.7 Å². The lowest BCUT2D eigenvalue weighted by Crippen LogP contribution is -2.48. The number of carboxylic acid groups (broad SMARTS) is 1. The van der Waals surface area contributed by atoms with Gasteiger partial charge in [-0.1, -0.05) is 0 Å². The van der Waals surface area contributed by atoms with E-state index in [0.29, 0.717) is 18.8 Å². The number of amides is 2. The molecule has 0 bridgehead atoms. The molecule has 1 atom stereocenters. The Labute approximate surface area is 199 Å². The third-order valence-corrected chi connectivity index (χ3v) is 7.88. The van der Waals surface area contributed by atoms with Crippen molar-refractivity contribution < 1.29 is 19.5 Å². The largest absolute Gasteiger partial charge is 0.481 e. The molecule has 2 aliphatic heterocycles. The van der Waals surface area contributed by atoms with Crippen molar-refractivity contribution in [3.05, 3.63) is 23.9 Å². The number of aryl methyl sites for hydroxylation is 1. The van der Waals surface area contributed by atoms with E-state index in [9.17, 15) is 19.5 Å². The van der Waals surface area contributed by atoms with Gasteiger partial charge >= 0.3 is 5.97 Å². The highest BCUT2D eigenvalue weighted by Crippen LogP contribution is 2.33. The van der Waals surface area contributed by atoms with Gasteiger partial charge < -0.3 is 10.0 Å². The normalized spacial score (nSPS) is 26.6.